The molecule has 0 unspecified atom stereocenters. The molecule has 0 atom stereocenters. The molecular weight excluding hydrogens is 420 g/mol. The Morgan fingerprint density at radius 1 is 0.939 bits per heavy atom. The predicted molar refractivity (Wildman–Crippen MR) is 127 cm³/mol. The molecule has 2 heterocycles. The summed E-state index contributed by atoms with van der Waals surface area (Å²) in [6.07, 6.45) is 1.75. The highest BCUT2D eigenvalue weighted by Crippen LogP contribution is 2.27. The Hall–Kier alpha value is -4.33. The fraction of sp³-hybridized carbons (Fsp3) is 0.160. The maximum absolute atomic E-state index is 12.6. The summed E-state index contributed by atoms with van der Waals surface area (Å²) in [7, 11) is 1.55. The van der Waals surface area contributed by atoms with Gasteiger partial charge in [0.25, 0.3) is 5.56 Å². The molecule has 4 rings (SSSR count). The van der Waals surface area contributed by atoms with E-state index in [0.29, 0.717) is 34.2 Å². The van der Waals surface area contributed by atoms with Crippen LogP contribution in [0.2, 0.25) is 0 Å². The Kier molecular flexibility index (Phi) is 6.26. The van der Waals surface area contributed by atoms with E-state index in [1.54, 1.807) is 49.7 Å². The topological polar surface area (TPSA) is 94.0 Å². The van der Waals surface area contributed by atoms with Crippen molar-refractivity contribution in [2.75, 3.05) is 17.7 Å². The van der Waals surface area contributed by atoms with Crippen molar-refractivity contribution in [2.45, 2.75) is 20.5 Å². The highest BCUT2D eigenvalue weighted by Gasteiger charge is 2.12. The predicted octanol–water partition coefficient (Wildman–Crippen LogP) is 4.54. The highest BCUT2D eigenvalue weighted by atomic mass is 16.5. The zero-order valence-electron chi connectivity index (χ0n) is 18.6. The first-order valence-electron chi connectivity index (χ1n) is 10.4. The number of aromatic nitrogens is 2. The summed E-state index contributed by atoms with van der Waals surface area (Å²) in [5, 5.41) is 5.59. The molecule has 0 fully saturated rings. The van der Waals surface area contributed by atoms with Crippen molar-refractivity contribution in [3.63, 3.8) is 0 Å². The van der Waals surface area contributed by atoms with Crippen LogP contribution < -0.4 is 25.7 Å². The molecule has 0 radical (unpaired) electrons. The second-order valence-corrected chi connectivity index (χ2v) is 7.59. The number of aryl methyl sites for hydroxylation is 2. The van der Waals surface area contributed by atoms with E-state index >= 15 is 0 Å². The van der Waals surface area contributed by atoms with Crippen LogP contribution in [0, 0.1) is 13.8 Å². The third-order valence-corrected chi connectivity index (χ3v) is 4.97. The van der Waals surface area contributed by atoms with Crippen LogP contribution >= 0.6 is 0 Å². The van der Waals surface area contributed by atoms with Gasteiger partial charge < -0.3 is 20.1 Å². The number of nitrogens with one attached hydrogen (secondary N) is 2. The monoisotopic (exact) mass is 444 g/mol. The number of carbonyl (C=O) groups excluding carboxylic acids is 1. The number of urea groups is 1. The van der Waals surface area contributed by atoms with Gasteiger partial charge in [-0.05, 0) is 55.3 Å². The third-order valence-electron chi connectivity index (χ3n) is 4.97. The molecule has 0 saturated carbocycles. The number of benzene rings is 2. The van der Waals surface area contributed by atoms with E-state index < -0.39 is 6.03 Å². The van der Waals surface area contributed by atoms with Gasteiger partial charge in [0.05, 0.1) is 24.2 Å². The van der Waals surface area contributed by atoms with Crippen molar-refractivity contribution in [3.8, 4) is 11.5 Å². The zero-order valence-corrected chi connectivity index (χ0v) is 18.6. The van der Waals surface area contributed by atoms with Gasteiger partial charge in [0.2, 0.25) is 0 Å². The van der Waals surface area contributed by atoms with Gasteiger partial charge >= 0.3 is 6.03 Å². The molecule has 0 saturated heterocycles. The number of nitrogens with zero attached hydrogens (tertiary/aromatic N) is 2. The molecule has 2 amide bonds. The van der Waals surface area contributed by atoms with Crippen LogP contribution in [0.5, 0.6) is 11.5 Å². The summed E-state index contributed by atoms with van der Waals surface area (Å²) >= 11 is 0. The Bertz CT molecular complexity index is 1380. The summed E-state index contributed by atoms with van der Waals surface area (Å²) in [6.45, 7) is 3.92. The molecule has 2 aromatic heterocycles. The van der Waals surface area contributed by atoms with Gasteiger partial charge in [-0.3, -0.25) is 9.20 Å². The zero-order chi connectivity index (χ0) is 23.4. The highest BCUT2D eigenvalue weighted by molar-refractivity contribution is 6.01. The minimum atomic E-state index is -0.438. The van der Waals surface area contributed by atoms with Crippen molar-refractivity contribution in [1.82, 2.24) is 9.38 Å². The number of carbonyl (C=O) groups is 1. The number of hydrogen-bond donors (Lipinski definition) is 2. The van der Waals surface area contributed by atoms with E-state index in [9.17, 15) is 9.59 Å². The summed E-state index contributed by atoms with van der Waals surface area (Å²) in [6, 6.07) is 17.3. The maximum atomic E-state index is 12.6. The van der Waals surface area contributed by atoms with Gasteiger partial charge in [-0.15, -0.1) is 0 Å². The average Bonchev–Trinajstić information content (AvgIpc) is 2.79. The van der Waals surface area contributed by atoms with Gasteiger partial charge in [0, 0.05) is 12.3 Å². The molecule has 4 aromatic rings. The van der Waals surface area contributed by atoms with Crippen LogP contribution in [0.25, 0.3) is 5.65 Å². The molecule has 0 bridgehead atoms. The molecule has 33 heavy (non-hydrogen) atoms. The molecule has 0 aliphatic rings. The second-order valence-electron chi connectivity index (χ2n) is 7.59. The normalized spacial score (nSPS) is 10.6. The number of rotatable bonds is 6. The third kappa shape index (κ3) is 5.12. The molecular formula is C25H24N4O4. The summed E-state index contributed by atoms with van der Waals surface area (Å²) in [4.78, 5) is 29.5. The maximum Gasteiger partial charge on any atom is 0.323 e. The van der Waals surface area contributed by atoms with Gasteiger partial charge in [-0.25, -0.2) is 9.78 Å². The first-order chi connectivity index (χ1) is 15.9. The van der Waals surface area contributed by atoms with Crippen molar-refractivity contribution >= 4 is 23.1 Å². The number of anilines is 2. The standard InChI is InChI=1S/C25H24N4O4/c1-16-8-10-21(32-3)20(12-16)28-25(31)27-19-6-4-5-7-22(19)33-15-18-13-24(30)29-14-17(2)9-11-23(29)26-18/h4-14H,15H2,1-3H3,(H2,27,28,31). The van der Waals surface area contributed by atoms with E-state index in [1.807, 2.05) is 32.0 Å². The summed E-state index contributed by atoms with van der Waals surface area (Å²) < 4.78 is 12.7. The first kappa shape index (κ1) is 21.9. The summed E-state index contributed by atoms with van der Waals surface area (Å²) in [5.41, 5.74) is 3.86. The van der Waals surface area contributed by atoms with Crippen LogP contribution in [0.4, 0.5) is 16.2 Å². The number of fused-ring (bicyclic) bond motifs is 1. The van der Waals surface area contributed by atoms with Crippen molar-refractivity contribution in [3.05, 3.63) is 94.0 Å². The first-order valence-corrected chi connectivity index (χ1v) is 10.4. The van der Waals surface area contributed by atoms with Crippen molar-refractivity contribution in [2.24, 2.45) is 0 Å². The Morgan fingerprint density at radius 2 is 1.70 bits per heavy atom. The van der Waals surface area contributed by atoms with E-state index in [2.05, 4.69) is 15.6 Å². The lowest BCUT2D eigenvalue weighted by Crippen LogP contribution is -2.20. The van der Waals surface area contributed by atoms with Crippen LogP contribution in [0.3, 0.4) is 0 Å². The van der Waals surface area contributed by atoms with Crippen LogP contribution in [-0.4, -0.2) is 22.5 Å². The lowest BCUT2D eigenvalue weighted by atomic mass is 10.2. The largest absolute Gasteiger partial charge is 0.495 e. The molecule has 8 nitrogen and oxygen atoms in total. The number of amides is 2. The number of pyridine rings is 1. The SMILES string of the molecule is COc1ccc(C)cc1NC(=O)Nc1ccccc1OCc1cc(=O)n2cc(C)ccc2n1. The quantitative estimate of drug-likeness (QED) is 0.455. The minimum Gasteiger partial charge on any atom is -0.495 e. The Labute approximate surface area is 190 Å². The van der Waals surface area contributed by atoms with Crippen molar-refractivity contribution < 1.29 is 14.3 Å². The average molecular weight is 444 g/mol. The fourth-order valence-corrected chi connectivity index (χ4v) is 3.38. The van der Waals surface area contributed by atoms with Crippen molar-refractivity contribution in [1.29, 1.82) is 0 Å². The second kappa shape index (κ2) is 9.44. The van der Waals surface area contributed by atoms with Gasteiger partial charge in [-0.2, -0.15) is 0 Å². The number of ether oxygens (including phenoxy) is 2. The molecule has 8 heteroatoms. The molecule has 0 spiro atoms. The number of para-hydroxylation sites is 2. The van der Waals surface area contributed by atoms with Crippen LogP contribution in [0.15, 0.2) is 71.7 Å². The van der Waals surface area contributed by atoms with Crippen LogP contribution in [0.1, 0.15) is 16.8 Å². The molecule has 0 aliphatic heterocycles. The lowest BCUT2D eigenvalue weighted by Gasteiger charge is -2.14. The Balaban J connectivity index is 1.48. The lowest BCUT2D eigenvalue weighted by molar-refractivity contribution is 0.261. The molecule has 2 N–H and O–H groups in total. The van der Waals surface area contributed by atoms with Gasteiger partial charge in [-0.1, -0.05) is 24.3 Å². The van der Waals surface area contributed by atoms with E-state index in [-0.39, 0.29) is 12.2 Å². The van der Waals surface area contributed by atoms with E-state index in [1.165, 1.54) is 10.5 Å². The number of methoxy groups -OCH3 is 1. The molecule has 2 aromatic carbocycles. The number of hydrogen-bond acceptors (Lipinski definition) is 5. The van der Waals surface area contributed by atoms with Gasteiger partial charge in [0.1, 0.15) is 23.8 Å². The minimum absolute atomic E-state index is 0.0750. The van der Waals surface area contributed by atoms with E-state index in [0.717, 1.165) is 11.1 Å². The molecule has 0 aliphatic carbocycles. The molecule has 168 valence electrons. The Morgan fingerprint density at radius 3 is 2.52 bits per heavy atom. The summed E-state index contributed by atoms with van der Waals surface area (Å²) in [5.74, 6) is 1.01. The van der Waals surface area contributed by atoms with E-state index in [4.69, 9.17) is 9.47 Å². The van der Waals surface area contributed by atoms with Gasteiger partial charge in [0.15, 0.2) is 0 Å². The fourth-order valence-electron chi connectivity index (χ4n) is 3.38. The smallest absolute Gasteiger partial charge is 0.323 e. The van der Waals surface area contributed by atoms with Crippen LogP contribution in [-0.2, 0) is 6.61 Å².